The van der Waals surface area contributed by atoms with Crippen molar-refractivity contribution >= 4 is 11.6 Å². The highest BCUT2D eigenvalue weighted by Crippen LogP contribution is 2.23. The third-order valence-electron chi connectivity index (χ3n) is 6.52. The Balaban J connectivity index is 0.000000471. The van der Waals surface area contributed by atoms with E-state index in [2.05, 4.69) is 61.6 Å². The van der Waals surface area contributed by atoms with Crippen LogP contribution in [0.3, 0.4) is 0 Å². The summed E-state index contributed by atoms with van der Waals surface area (Å²) in [6, 6.07) is 4.86. The highest BCUT2D eigenvalue weighted by Gasteiger charge is 2.18. The van der Waals surface area contributed by atoms with Gasteiger partial charge in [0.15, 0.2) is 0 Å². The number of anilines is 1. The van der Waals surface area contributed by atoms with Gasteiger partial charge in [0.1, 0.15) is 0 Å². The number of methoxy groups -OCH3 is 1. The number of hydrogen-bond acceptors (Lipinski definition) is 5. The third kappa shape index (κ3) is 9.91. The molecule has 1 aliphatic rings. The van der Waals surface area contributed by atoms with E-state index < -0.39 is 0 Å². The minimum Gasteiger partial charge on any atom is -0.481 e. The van der Waals surface area contributed by atoms with E-state index in [1.165, 1.54) is 50.3 Å². The van der Waals surface area contributed by atoms with Crippen molar-refractivity contribution in [3.05, 3.63) is 44.7 Å². The van der Waals surface area contributed by atoms with Crippen molar-refractivity contribution in [1.29, 1.82) is 0 Å². The monoisotopic (exact) mass is 517 g/mol. The van der Waals surface area contributed by atoms with Gasteiger partial charge in [0.25, 0.3) is 11.5 Å². The van der Waals surface area contributed by atoms with Gasteiger partial charge >= 0.3 is 0 Å². The van der Waals surface area contributed by atoms with Gasteiger partial charge in [-0.1, -0.05) is 46.5 Å². The van der Waals surface area contributed by atoms with Crippen LogP contribution in [0, 0.1) is 6.92 Å². The lowest BCUT2D eigenvalue weighted by atomic mass is 9.95. The molecule has 0 unspecified atom stereocenters. The van der Waals surface area contributed by atoms with Crippen molar-refractivity contribution in [1.82, 2.24) is 20.0 Å². The van der Waals surface area contributed by atoms with Crippen molar-refractivity contribution in [3.63, 3.8) is 0 Å². The molecule has 0 aliphatic heterocycles. The van der Waals surface area contributed by atoms with Gasteiger partial charge in [-0.2, -0.15) is 0 Å². The fourth-order valence-corrected chi connectivity index (χ4v) is 4.44. The number of aromatic nitrogens is 2. The zero-order valence-electron chi connectivity index (χ0n) is 24.7. The van der Waals surface area contributed by atoms with Crippen LogP contribution in [0.25, 0.3) is 0 Å². The average molecular weight is 518 g/mol. The summed E-state index contributed by atoms with van der Waals surface area (Å²) in [5.41, 5.74) is 3.68. The van der Waals surface area contributed by atoms with Crippen molar-refractivity contribution in [2.75, 3.05) is 33.1 Å². The molecule has 0 radical (unpaired) electrons. The van der Waals surface area contributed by atoms with E-state index in [9.17, 15) is 9.59 Å². The van der Waals surface area contributed by atoms with Crippen LogP contribution in [0.15, 0.2) is 16.9 Å². The van der Waals surface area contributed by atoms with Gasteiger partial charge in [0, 0.05) is 30.9 Å². The molecule has 1 saturated carbocycles. The van der Waals surface area contributed by atoms with Crippen LogP contribution >= 0.6 is 0 Å². The van der Waals surface area contributed by atoms with Crippen LogP contribution in [0.1, 0.15) is 93.3 Å². The molecule has 8 heteroatoms. The van der Waals surface area contributed by atoms with Crippen molar-refractivity contribution in [2.45, 2.75) is 92.2 Å². The summed E-state index contributed by atoms with van der Waals surface area (Å²) in [5, 5.41) is 8.74. The highest BCUT2D eigenvalue weighted by molar-refractivity contribution is 5.97. The lowest BCUT2D eigenvalue weighted by Gasteiger charge is -2.27. The minimum absolute atomic E-state index is 0.102. The molecule has 1 aromatic heterocycles. The lowest BCUT2D eigenvalue weighted by Crippen LogP contribution is -2.29. The van der Waals surface area contributed by atoms with Crippen LogP contribution in [0.2, 0.25) is 0 Å². The quantitative estimate of drug-likeness (QED) is 0.445. The third-order valence-corrected chi connectivity index (χ3v) is 6.52. The average Bonchev–Trinajstić information content (AvgIpc) is 3.16. The predicted molar refractivity (Wildman–Crippen MR) is 155 cm³/mol. The maximum atomic E-state index is 12.7. The van der Waals surface area contributed by atoms with Gasteiger partial charge < -0.3 is 20.3 Å². The molecule has 1 amide bonds. The Kier molecular flexibility index (Phi) is 14.7. The number of carbonyl (C=O) groups is 1. The Hall–Kier alpha value is -2.74. The number of nitrogens with zero attached hydrogens (tertiary/aromatic N) is 2. The summed E-state index contributed by atoms with van der Waals surface area (Å²) in [6.45, 7) is 11.1. The van der Waals surface area contributed by atoms with E-state index >= 15 is 0 Å². The number of aromatic amines is 1. The first kappa shape index (κ1) is 32.3. The maximum Gasteiger partial charge on any atom is 0.273 e. The Morgan fingerprint density at radius 3 is 2.24 bits per heavy atom. The molecule has 3 rings (SSSR count). The number of rotatable bonds is 8. The van der Waals surface area contributed by atoms with E-state index in [0.717, 1.165) is 35.8 Å². The topological polar surface area (TPSA) is 91.4 Å². The first-order valence-electron chi connectivity index (χ1n) is 13.8. The van der Waals surface area contributed by atoms with Gasteiger partial charge in [-0.05, 0) is 70.5 Å². The molecule has 0 atom stereocenters. The SMILES string of the molecule is CCC.CCNc1cc(CC)cc(C(=O)NCc2c(OC)n(C)[nH]c2=O)c1C.CN(C)C1CCCCC1. The van der Waals surface area contributed by atoms with Crippen molar-refractivity contribution in [2.24, 2.45) is 7.05 Å². The van der Waals surface area contributed by atoms with Crippen LogP contribution in [0.4, 0.5) is 5.69 Å². The number of ether oxygens (including phenoxy) is 1. The molecule has 1 heterocycles. The number of aryl methyl sites for hydroxylation is 2. The largest absolute Gasteiger partial charge is 0.481 e. The minimum atomic E-state index is -0.271. The normalized spacial score (nSPS) is 13.2. The van der Waals surface area contributed by atoms with Crippen LogP contribution < -0.4 is 20.9 Å². The maximum absolute atomic E-state index is 12.7. The summed E-state index contributed by atoms with van der Waals surface area (Å²) in [5.74, 6) is 0.204. The molecular weight excluding hydrogens is 466 g/mol. The molecule has 1 fully saturated rings. The molecule has 0 bridgehead atoms. The van der Waals surface area contributed by atoms with Gasteiger partial charge in [0.2, 0.25) is 5.88 Å². The van der Waals surface area contributed by atoms with E-state index in [1.54, 1.807) is 7.05 Å². The standard InChI is InChI=1S/C18H26N4O3.C8H17N.C3H8/c1-6-12-8-13(11(3)15(9-12)19-7-2)16(23)20-10-14-17(24)21-22(4)18(14)25-5;1-9(2)8-6-4-3-5-7-8;1-3-2/h8-9,19H,6-7,10H2,1-5H3,(H,20,23)(H,21,24);8H,3-7H2,1-2H3;3H2,1-2H3. The fraction of sp³-hybridized carbons (Fsp3) is 0.655. The Labute approximate surface area is 224 Å². The zero-order valence-corrected chi connectivity index (χ0v) is 24.7. The van der Waals surface area contributed by atoms with Crippen molar-refractivity contribution < 1.29 is 9.53 Å². The molecule has 1 aliphatic carbocycles. The molecule has 37 heavy (non-hydrogen) atoms. The molecule has 3 N–H and O–H groups in total. The van der Waals surface area contributed by atoms with E-state index in [4.69, 9.17) is 4.74 Å². The number of amides is 1. The number of hydrogen-bond donors (Lipinski definition) is 3. The summed E-state index contributed by atoms with van der Waals surface area (Å²) in [6.07, 6.45) is 9.29. The number of carbonyl (C=O) groups excluding carboxylic acids is 1. The second kappa shape index (κ2) is 16.9. The van der Waals surface area contributed by atoms with E-state index in [0.29, 0.717) is 17.0 Å². The van der Waals surface area contributed by atoms with Gasteiger partial charge in [0.05, 0.1) is 19.2 Å². The van der Waals surface area contributed by atoms with Crippen LogP contribution in [0.5, 0.6) is 5.88 Å². The Bertz CT molecular complexity index is 1000. The summed E-state index contributed by atoms with van der Waals surface area (Å²) in [4.78, 5) is 27.0. The number of benzene rings is 1. The van der Waals surface area contributed by atoms with Gasteiger partial charge in [-0.25, -0.2) is 0 Å². The second-order valence-electron chi connectivity index (χ2n) is 9.83. The van der Waals surface area contributed by atoms with E-state index in [-0.39, 0.29) is 18.0 Å². The van der Waals surface area contributed by atoms with Gasteiger partial charge in [-0.3, -0.25) is 19.4 Å². The molecule has 0 spiro atoms. The Morgan fingerprint density at radius 2 is 1.76 bits per heavy atom. The molecule has 1 aromatic carbocycles. The highest BCUT2D eigenvalue weighted by atomic mass is 16.5. The molecule has 8 nitrogen and oxygen atoms in total. The summed E-state index contributed by atoms with van der Waals surface area (Å²) in [7, 11) is 7.56. The molecule has 210 valence electrons. The number of nitrogens with one attached hydrogen (secondary N) is 3. The van der Waals surface area contributed by atoms with Gasteiger partial charge in [-0.15, -0.1) is 0 Å². The first-order chi connectivity index (χ1) is 17.6. The molecule has 2 aromatic rings. The second-order valence-corrected chi connectivity index (χ2v) is 9.83. The fourth-order valence-electron chi connectivity index (χ4n) is 4.44. The zero-order chi connectivity index (χ0) is 28.0. The van der Waals surface area contributed by atoms with E-state index in [1.807, 2.05) is 19.9 Å². The van der Waals surface area contributed by atoms with Crippen molar-refractivity contribution in [3.8, 4) is 5.88 Å². The lowest BCUT2D eigenvalue weighted by molar-refractivity contribution is 0.0950. The Morgan fingerprint density at radius 1 is 1.14 bits per heavy atom. The molecule has 0 saturated heterocycles. The summed E-state index contributed by atoms with van der Waals surface area (Å²) < 4.78 is 6.71. The first-order valence-corrected chi connectivity index (χ1v) is 13.8. The predicted octanol–water partition coefficient (Wildman–Crippen LogP) is 5.25. The van der Waals surface area contributed by atoms with Crippen LogP contribution in [-0.2, 0) is 20.0 Å². The van der Waals surface area contributed by atoms with Crippen LogP contribution in [-0.4, -0.2) is 54.4 Å². The number of H-pyrrole nitrogens is 1. The molecular formula is C29H51N5O3. The smallest absolute Gasteiger partial charge is 0.273 e. The summed E-state index contributed by atoms with van der Waals surface area (Å²) >= 11 is 0.